The highest BCUT2D eigenvalue weighted by molar-refractivity contribution is 7.99. The maximum absolute atomic E-state index is 13.4. The van der Waals surface area contributed by atoms with E-state index in [0.717, 1.165) is 74.3 Å². The van der Waals surface area contributed by atoms with Crippen LogP contribution < -0.4 is 16.0 Å². The molecule has 1 saturated heterocycles. The van der Waals surface area contributed by atoms with Gasteiger partial charge in [0.2, 0.25) is 0 Å². The molecule has 0 atom stereocenters. The summed E-state index contributed by atoms with van der Waals surface area (Å²) >= 11 is 1.54. The highest BCUT2D eigenvalue weighted by atomic mass is 32.2. The summed E-state index contributed by atoms with van der Waals surface area (Å²) in [6.07, 6.45) is -3.45. The van der Waals surface area contributed by atoms with E-state index in [9.17, 15) is 13.2 Å². The van der Waals surface area contributed by atoms with Crippen LogP contribution in [0.5, 0.6) is 0 Å². The fraction of sp³-hybridized carbons (Fsp3) is 0.500. The summed E-state index contributed by atoms with van der Waals surface area (Å²) in [5, 5.41) is 3.34. The molecule has 0 aromatic heterocycles. The minimum Gasteiger partial charge on any atom is -0.340 e. The number of benzene rings is 2. The van der Waals surface area contributed by atoms with Crippen molar-refractivity contribution < 1.29 is 13.2 Å². The van der Waals surface area contributed by atoms with Gasteiger partial charge < -0.3 is 20.9 Å². The molecule has 0 spiro atoms. The second kappa shape index (κ2) is 11.1. The van der Waals surface area contributed by atoms with Crippen LogP contribution in [0, 0.1) is 0 Å². The number of halogens is 3. The van der Waals surface area contributed by atoms with Crippen molar-refractivity contribution in [3.8, 4) is 0 Å². The lowest BCUT2D eigenvalue weighted by Crippen LogP contribution is -2.48. The molecule has 0 radical (unpaired) electrons. The van der Waals surface area contributed by atoms with Crippen molar-refractivity contribution in [2.45, 2.75) is 22.4 Å². The van der Waals surface area contributed by atoms with Gasteiger partial charge in [0, 0.05) is 68.7 Å². The van der Waals surface area contributed by atoms with Crippen molar-refractivity contribution in [3.63, 3.8) is 0 Å². The first-order valence-electron chi connectivity index (χ1n) is 11.6. The third kappa shape index (κ3) is 6.22. The number of nitrogens with one attached hydrogen (secondary N) is 1. The minimum absolute atomic E-state index is 0.594. The van der Waals surface area contributed by atoms with E-state index in [2.05, 4.69) is 20.0 Å². The first-order chi connectivity index (χ1) is 16.0. The van der Waals surface area contributed by atoms with E-state index >= 15 is 0 Å². The van der Waals surface area contributed by atoms with E-state index in [0.29, 0.717) is 18.8 Å². The standard InChI is InChI=1S/C24H32F3N5S/c25-24(26,27)19-6-7-23-21(18-19)32(20-4-1-2-5-22(20)33-23)12-3-11-30-14-16-31(17-15-30)13-10-29-9-8-28/h1-2,4-7,18,29H,3,8-17,28H2. The Kier molecular flexibility index (Phi) is 8.19. The van der Waals surface area contributed by atoms with Gasteiger partial charge in [0.1, 0.15) is 0 Å². The normalized spacial score (nSPS) is 17.2. The summed E-state index contributed by atoms with van der Waals surface area (Å²) in [6, 6.07) is 12.1. The maximum Gasteiger partial charge on any atom is 0.416 e. The zero-order valence-corrected chi connectivity index (χ0v) is 19.6. The summed E-state index contributed by atoms with van der Waals surface area (Å²) < 4.78 is 40.1. The third-order valence-electron chi connectivity index (χ3n) is 6.20. The molecule has 180 valence electrons. The van der Waals surface area contributed by atoms with Crippen LogP contribution in [-0.4, -0.2) is 75.2 Å². The summed E-state index contributed by atoms with van der Waals surface area (Å²) in [5.41, 5.74) is 6.56. The molecule has 0 amide bonds. The van der Waals surface area contributed by atoms with Gasteiger partial charge in [0.05, 0.1) is 16.9 Å². The average Bonchev–Trinajstić information content (AvgIpc) is 2.81. The molecule has 3 N–H and O–H groups in total. The molecule has 0 aliphatic carbocycles. The van der Waals surface area contributed by atoms with Gasteiger partial charge in [-0.1, -0.05) is 23.9 Å². The van der Waals surface area contributed by atoms with E-state index in [-0.39, 0.29) is 0 Å². The highest BCUT2D eigenvalue weighted by Crippen LogP contribution is 2.49. The second-order valence-corrected chi connectivity index (χ2v) is 9.56. The Balaban J connectivity index is 1.36. The van der Waals surface area contributed by atoms with Crippen LogP contribution in [0.25, 0.3) is 0 Å². The molecule has 5 nitrogen and oxygen atoms in total. The summed E-state index contributed by atoms with van der Waals surface area (Å²) in [7, 11) is 0. The number of hydrogen-bond acceptors (Lipinski definition) is 6. The summed E-state index contributed by atoms with van der Waals surface area (Å²) in [5.74, 6) is 0. The molecule has 2 aromatic rings. The zero-order chi connectivity index (χ0) is 23.3. The molecule has 0 saturated carbocycles. The quantitative estimate of drug-likeness (QED) is 0.533. The van der Waals surface area contributed by atoms with E-state index in [1.807, 2.05) is 24.3 Å². The molecule has 0 unspecified atom stereocenters. The second-order valence-electron chi connectivity index (χ2n) is 8.48. The molecule has 2 aliphatic heterocycles. The summed E-state index contributed by atoms with van der Waals surface area (Å²) in [4.78, 5) is 8.95. The van der Waals surface area contributed by atoms with E-state index < -0.39 is 11.7 Å². The Bertz CT molecular complexity index is 915. The van der Waals surface area contributed by atoms with Gasteiger partial charge in [-0.25, -0.2) is 0 Å². The topological polar surface area (TPSA) is 47.8 Å². The molecule has 2 aromatic carbocycles. The van der Waals surface area contributed by atoms with Crippen molar-refractivity contribution >= 4 is 23.1 Å². The molecule has 2 heterocycles. The van der Waals surface area contributed by atoms with Gasteiger partial charge in [0.15, 0.2) is 0 Å². The predicted molar refractivity (Wildman–Crippen MR) is 128 cm³/mol. The number of para-hydroxylation sites is 1. The number of rotatable bonds is 9. The fourth-order valence-corrected chi connectivity index (χ4v) is 5.48. The van der Waals surface area contributed by atoms with Crippen LogP contribution in [0.1, 0.15) is 12.0 Å². The number of nitrogens with two attached hydrogens (primary N) is 1. The van der Waals surface area contributed by atoms with Crippen LogP contribution in [0.15, 0.2) is 52.3 Å². The Morgan fingerprint density at radius 3 is 2.27 bits per heavy atom. The van der Waals surface area contributed by atoms with Crippen LogP contribution in [0.2, 0.25) is 0 Å². The van der Waals surface area contributed by atoms with E-state index in [4.69, 9.17) is 5.73 Å². The molecule has 1 fully saturated rings. The first-order valence-corrected chi connectivity index (χ1v) is 12.4. The van der Waals surface area contributed by atoms with Gasteiger partial charge in [-0.2, -0.15) is 13.2 Å². The molecule has 2 aliphatic rings. The Labute approximate surface area is 198 Å². The summed E-state index contributed by atoms with van der Waals surface area (Å²) in [6.45, 7) is 9.29. The first kappa shape index (κ1) is 24.3. The van der Waals surface area contributed by atoms with Gasteiger partial charge in [-0.05, 0) is 43.3 Å². The number of fused-ring (bicyclic) bond motifs is 2. The number of alkyl halides is 3. The van der Waals surface area contributed by atoms with Crippen molar-refractivity contribution in [3.05, 3.63) is 48.0 Å². The number of piperazine rings is 1. The van der Waals surface area contributed by atoms with Crippen molar-refractivity contribution in [1.82, 2.24) is 15.1 Å². The molecule has 9 heteroatoms. The third-order valence-corrected chi connectivity index (χ3v) is 7.33. The Morgan fingerprint density at radius 1 is 0.848 bits per heavy atom. The van der Waals surface area contributed by atoms with Gasteiger partial charge in [-0.15, -0.1) is 0 Å². The van der Waals surface area contributed by atoms with Crippen LogP contribution in [0.4, 0.5) is 24.5 Å². The van der Waals surface area contributed by atoms with E-state index in [1.165, 1.54) is 23.9 Å². The zero-order valence-electron chi connectivity index (χ0n) is 18.8. The minimum atomic E-state index is -4.35. The SMILES string of the molecule is NCCNCCN1CCN(CCCN2c3ccccc3Sc3ccc(C(F)(F)F)cc32)CC1. The highest BCUT2D eigenvalue weighted by Gasteiger charge is 2.33. The molecule has 33 heavy (non-hydrogen) atoms. The smallest absolute Gasteiger partial charge is 0.340 e. The van der Waals surface area contributed by atoms with Crippen LogP contribution in [-0.2, 0) is 6.18 Å². The Hall–Kier alpha value is -1.78. The number of anilines is 2. The van der Waals surface area contributed by atoms with E-state index in [1.54, 1.807) is 6.07 Å². The monoisotopic (exact) mass is 479 g/mol. The molecular weight excluding hydrogens is 447 g/mol. The van der Waals surface area contributed by atoms with Crippen LogP contribution in [0.3, 0.4) is 0 Å². The Morgan fingerprint density at radius 2 is 1.55 bits per heavy atom. The molecule has 0 bridgehead atoms. The van der Waals surface area contributed by atoms with Gasteiger partial charge in [-0.3, -0.25) is 4.90 Å². The van der Waals surface area contributed by atoms with Crippen molar-refractivity contribution in [2.24, 2.45) is 5.73 Å². The lowest BCUT2D eigenvalue weighted by molar-refractivity contribution is -0.137. The lowest BCUT2D eigenvalue weighted by Gasteiger charge is -2.36. The lowest BCUT2D eigenvalue weighted by atomic mass is 10.1. The average molecular weight is 480 g/mol. The fourth-order valence-electron chi connectivity index (χ4n) is 4.40. The van der Waals surface area contributed by atoms with Crippen LogP contribution >= 0.6 is 11.8 Å². The van der Waals surface area contributed by atoms with Crippen molar-refractivity contribution in [1.29, 1.82) is 0 Å². The van der Waals surface area contributed by atoms with Crippen molar-refractivity contribution in [2.75, 3.05) is 70.3 Å². The number of nitrogens with zero attached hydrogens (tertiary/aromatic N) is 3. The maximum atomic E-state index is 13.4. The number of hydrogen-bond donors (Lipinski definition) is 2. The van der Waals surface area contributed by atoms with Gasteiger partial charge >= 0.3 is 6.18 Å². The molecular formula is C24H32F3N5S. The largest absolute Gasteiger partial charge is 0.416 e. The predicted octanol–water partition coefficient (Wildman–Crippen LogP) is 3.86. The van der Waals surface area contributed by atoms with Gasteiger partial charge in [0.25, 0.3) is 0 Å². The molecule has 4 rings (SSSR count).